The molecule has 10 heteroatoms. The monoisotopic (exact) mass is 391 g/mol. The average Bonchev–Trinajstić information content (AvgIpc) is 2.81. The van der Waals surface area contributed by atoms with Crippen LogP contribution in [0.2, 0.25) is 0 Å². The smallest absolute Gasteiger partial charge is 0.291 e. The van der Waals surface area contributed by atoms with Crippen LogP contribution < -0.4 is 10.5 Å². The second-order valence-electron chi connectivity index (χ2n) is 4.00. The van der Waals surface area contributed by atoms with Crippen molar-refractivity contribution in [2.75, 3.05) is 5.73 Å². The highest BCUT2D eigenvalue weighted by atomic mass is 79.9. The molecule has 1 heterocycles. The molecule has 7 nitrogen and oxygen atoms in total. The molecule has 2 aromatic rings. The van der Waals surface area contributed by atoms with Crippen molar-refractivity contribution in [2.45, 2.75) is 11.4 Å². The van der Waals surface area contributed by atoms with Gasteiger partial charge in [-0.05, 0) is 39.5 Å². The summed E-state index contributed by atoms with van der Waals surface area (Å²) in [6.45, 7) is 0.0438. The number of rotatable bonds is 5. The largest absolute Gasteiger partial charge is 0.399 e. The van der Waals surface area contributed by atoms with E-state index in [2.05, 4.69) is 20.7 Å². The van der Waals surface area contributed by atoms with Gasteiger partial charge in [-0.1, -0.05) is 0 Å². The number of anilines is 1. The lowest BCUT2D eigenvalue weighted by Crippen LogP contribution is -2.23. The van der Waals surface area contributed by atoms with Crippen molar-refractivity contribution in [1.29, 1.82) is 0 Å². The third kappa shape index (κ3) is 3.59. The predicted octanol–water partition coefficient (Wildman–Crippen LogP) is 2.48. The fraction of sp³-hybridized carbons (Fsp3) is 0.0909. The quantitative estimate of drug-likeness (QED) is 0.461. The Morgan fingerprint density at radius 3 is 2.67 bits per heavy atom. The first-order valence-corrected chi connectivity index (χ1v) is 8.72. The summed E-state index contributed by atoms with van der Waals surface area (Å²) >= 11 is 4.66. The third-order valence-corrected chi connectivity index (χ3v) is 5.96. The maximum atomic E-state index is 12.2. The molecule has 0 radical (unpaired) electrons. The summed E-state index contributed by atoms with van der Waals surface area (Å²) < 4.78 is 27.5. The number of benzene rings is 1. The number of thiophene rings is 1. The number of nitro benzene ring substituents is 1. The molecule has 1 aromatic heterocycles. The highest BCUT2D eigenvalue weighted by Gasteiger charge is 2.25. The normalized spacial score (nSPS) is 11.5. The predicted molar refractivity (Wildman–Crippen MR) is 83.6 cm³/mol. The van der Waals surface area contributed by atoms with Crippen LogP contribution in [0.5, 0.6) is 0 Å². The molecule has 0 unspecified atom stereocenters. The first-order chi connectivity index (χ1) is 9.81. The highest BCUT2D eigenvalue weighted by Crippen LogP contribution is 2.27. The summed E-state index contributed by atoms with van der Waals surface area (Å²) in [5.41, 5.74) is 5.03. The van der Waals surface area contributed by atoms with Gasteiger partial charge < -0.3 is 5.73 Å². The highest BCUT2D eigenvalue weighted by molar-refractivity contribution is 9.10. The third-order valence-electron chi connectivity index (χ3n) is 2.58. The topological polar surface area (TPSA) is 115 Å². The Kier molecular flexibility index (Phi) is 4.61. The van der Waals surface area contributed by atoms with E-state index >= 15 is 0 Å². The van der Waals surface area contributed by atoms with Crippen LogP contribution in [0.4, 0.5) is 11.4 Å². The van der Waals surface area contributed by atoms with Gasteiger partial charge in [0.15, 0.2) is 4.90 Å². The van der Waals surface area contributed by atoms with Crippen LogP contribution in [0.3, 0.4) is 0 Å². The Labute approximate surface area is 133 Å². The molecule has 0 saturated carbocycles. The molecule has 0 amide bonds. The van der Waals surface area contributed by atoms with Crippen molar-refractivity contribution in [3.8, 4) is 0 Å². The zero-order valence-electron chi connectivity index (χ0n) is 10.4. The Morgan fingerprint density at radius 2 is 2.10 bits per heavy atom. The van der Waals surface area contributed by atoms with E-state index in [1.165, 1.54) is 17.4 Å². The number of nitro groups is 1. The zero-order valence-corrected chi connectivity index (χ0v) is 13.7. The number of hydrogen-bond donors (Lipinski definition) is 2. The lowest BCUT2D eigenvalue weighted by molar-refractivity contribution is -0.387. The number of halogens is 1. The molecule has 3 N–H and O–H groups in total. The SMILES string of the molecule is Nc1ccc(S(=O)(=O)NCc2sccc2Br)c([N+](=O)[O-])c1. The summed E-state index contributed by atoms with van der Waals surface area (Å²) in [4.78, 5) is 10.6. The van der Waals surface area contributed by atoms with Gasteiger partial charge in [0.1, 0.15) is 0 Å². The first kappa shape index (κ1) is 15.9. The van der Waals surface area contributed by atoms with E-state index in [1.54, 1.807) is 11.4 Å². The van der Waals surface area contributed by atoms with Gasteiger partial charge >= 0.3 is 0 Å². The molecule has 1 aromatic carbocycles. The van der Waals surface area contributed by atoms with Crippen molar-refractivity contribution >= 4 is 48.7 Å². The van der Waals surface area contributed by atoms with E-state index in [0.29, 0.717) is 0 Å². The molecule has 0 spiro atoms. The van der Waals surface area contributed by atoms with Gasteiger partial charge in [-0.25, -0.2) is 13.1 Å². The van der Waals surface area contributed by atoms with Gasteiger partial charge in [0.25, 0.3) is 5.69 Å². The molecule has 0 aliphatic carbocycles. The van der Waals surface area contributed by atoms with Crippen LogP contribution in [0.15, 0.2) is 39.0 Å². The van der Waals surface area contributed by atoms with Gasteiger partial charge in [-0.15, -0.1) is 11.3 Å². The first-order valence-electron chi connectivity index (χ1n) is 5.56. The fourth-order valence-corrected chi connectivity index (χ4v) is 4.26. The summed E-state index contributed by atoms with van der Waals surface area (Å²) in [5.74, 6) is 0. The molecule has 0 aliphatic heterocycles. The maximum Gasteiger partial charge on any atom is 0.291 e. The molecular weight excluding hydrogens is 382 g/mol. The Hall–Kier alpha value is -1.49. The number of nitrogens with two attached hydrogens (primary N) is 1. The van der Waals surface area contributed by atoms with Crippen molar-refractivity contribution in [2.24, 2.45) is 0 Å². The maximum absolute atomic E-state index is 12.2. The second kappa shape index (κ2) is 6.10. The van der Waals surface area contributed by atoms with Crippen LogP contribution in [0.25, 0.3) is 0 Å². The van der Waals surface area contributed by atoms with Crippen LogP contribution in [-0.4, -0.2) is 13.3 Å². The Morgan fingerprint density at radius 1 is 1.38 bits per heavy atom. The minimum Gasteiger partial charge on any atom is -0.399 e. The summed E-state index contributed by atoms with van der Waals surface area (Å²) in [5, 5.41) is 12.8. The number of nitrogens with one attached hydrogen (secondary N) is 1. The van der Waals surface area contributed by atoms with Gasteiger partial charge in [-0.3, -0.25) is 10.1 Å². The van der Waals surface area contributed by atoms with Gasteiger partial charge in [0.2, 0.25) is 10.0 Å². The number of nitrogens with zero attached hydrogens (tertiary/aromatic N) is 1. The molecule has 0 fully saturated rings. The van der Waals surface area contributed by atoms with Gasteiger partial charge in [0.05, 0.1) is 4.92 Å². The second-order valence-corrected chi connectivity index (χ2v) is 7.59. The minimum atomic E-state index is -4.01. The fourth-order valence-electron chi connectivity index (χ4n) is 1.59. The van der Waals surface area contributed by atoms with Crippen molar-refractivity contribution in [3.05, 3.63) is 49.1 Å². The average molecular weight is 392 g/mol. The molecule has 0 bridgehead atoms. The Balaban J connectivity index is 2.32. The van der Waals surface area contributed by atoms with E-state index in [0.717, 1.165) is 21.5 Å². The van der Waals surface area contributed by atoms with Crippen molar-refractivity contribution < 1.29 is 13.3 Å². The van der Waals surface area contributed by atoms with Crippen molar-refractivity contribution in [1.82, 2.24) is 4.72 Å². The van der Waals surface area contributed by atoms with E-state index < -0.39 is 25.5 Å². The molecule has 112 valence electrons. The molecule has 21 heavy (non-hydrogen) atoms. The number of nitrogen functional groups attached to an aromatic ring is 1. The van der Waals surface area contributed by atoms with Crippen LogP contribution in [0, 0.1) is 10.1 Å². The van der Waals surface area contributed by atoms with Gasteiger partial charge in [0, 0.05) is 27.6 Å². The standard InChI is InChI=1S/C11H10BrN3O4S2/c12-8-3-4-20-10(8)6-14-21(18,19)11-2-1-7(13)5-9(11)15(16)17/h1-5,14H,6,13H2. The van der Waals surface area contributed by atoms with E-state index in [1.807, 2.05) is 0 Å². The Bertz CT molecular complexity index is 789. The summed E-state index contributed by atoms with van der Waals surface area (Å²) in [6, 6.07) is 5.25. The van der Waals surface area contributed by atoms with E-state index in [9.17, 15) is 18.5 Å². The number of sulfonamides is 1. The number of hydrogen-bond acceptors (Lipinski definition) is 6. The van der Waals surface area contributed by atoms with Crippen molar-refractivity contribution in [3.63, 3.8) is 0 Å². The lowest BCUT2D eigenvalue weighted by Gasteiger charge is -2.07. The van der Waals surface area contributed by atoms with Crippen LogP contribution in [0.1, 0.15) is 4.88 Å². The molecule has 0 atom stereocenters. The zero-order chi connectivity index (χ0) is 15.6. The van der Waals surface area contributed by atoms with E-state index in [-0.39, 0.29) is 12.2 Å². The molecular formula is C11H10BrN3O4S2. The lowest BCUT2D eigenvalue weighted by atomic mass is 10.3. The van der Waals surface area contributed by atoms with Gasteiger partial charge in [-0.2, -0.15) is 0 Å². The van der Waals surface area contributed by atoms with E-state index in [4.69, 9.17) is 5.73 Å². The molecule has 0 aliphatic rings. The van der Waals surface area contributed by atoms with Crippen LogP contribution in [-0.2, 0) is 16.6 Å². The summed E-state index contributed by atoms with van der Waals surface area (Å²) in [7, 11) is -4.01. The summed E-state index contributed by atoms with van der Waals surface area (Å²) in [6.07, 6.45) is 0. The van der Waals surface area contributed by atoms with Crippen LogP contribution >= 0.6 is 27.3 Å². The molecule has 2 rings (SSSR count). The molecule has 0 saturated heterocycles. The minimum absolute atomic E-state index is 0.0438.